The van der Waals surface area contributed by atoms with Crippen molar-refractivity contribution < 1.29 is 53.8 Å². The lowest BCUT2D eigenvalue weighted by atomic mass is 9.69. The van der Waals surface area contributed by atoms with Crippen LogP contribution in [-0.2, 0) is 33.3 Å². The van der Waals surface area contributed by atoms with Gasteiger partial charge in [-0.15, -0.1) is 0 Å². The van der Waals surface area contributed by atoms with E-state index in [0.717, 1.165) is 68.1 Å². The first-order valence-electron chi connectivity index (χ1n) is 23.6. The molecule has 22 atom stereocenters. The Hall–Kier alpha value is -1.79. The topological polar surface area (TPSA) is 169 Å². The van der Waals surface area contributed by atoms with E-state index in [1.807, 2.05) is 6.92 Å². The summed E-state index contributed by atoms with van der Waals surface area (Å²) in [5.41, 5.74) is 0. The van der Waals surface area contributed by atoms with Crippen LogP contribution in [0.4, 0.5) is 0 Å². The molecule has 0 aliphatic heterocycles. The van der Waals surface area contributed by atoms with Gasteiger partial charge >= 0.3 is 17.9 Å². The van der Waals surface area contributed by atoms with Gasteiger partial charge in [-0.05, 0) is 179 Å². The third kappa shape index (κ3) is 11.1. The van der Waals surface area contributed by atoms with E-state index in [2.05, 4.69) is 0 Å². The van der Waals surface area contributed by atoms with Crippen molar-refractivity contribution >= 4 is 17.9 Å². The summed E-state index contributed by atoms with van der Waals surface area (Å²) >= 11 is 0. The molecule has 10 saturated carbocycles. The summed E-state index contributed by atoms with van der Waals surface area (Å²) in [5, 5.41) is 39.3. The highest BCUT2D eigenvalue weighted by Gasteiger charge is 2.65. The van der Waals surface area contributed by atoms with Crippen LogP contribution in [0.15, 0.2) is 0 Å². The minimum absolute atomic E-state index is 0. The van der Waals surface area contributed by atoms with Crippen molar-refractivity contribution in [3.05, 3.63) is 0 Å². The molecule has 0 amide bonds. The first-order chi connectivity index (χ1) is 27.9. The summed E-state index contributed by atoms with van der Waals surface area (Å²) in [6.07, 6.45) is 15.7. The van der Waals surface area contributed by atoms with E-state index < -0.39 is 30.0 Å². The fourth-order valence-electron chi connectivity index (χ4n) is 16.0. The lowest BCUT2D eigenvalue weighted by Gasteiger charge is -2.40. The van der Waals surface area contributed by atoms with Gasteiger partial charge in [-0.1, -0.05) is 64.8 Å². The predicted octanol–water partition coefficient (Wildman–Crippen LogP) is 9.39. The van der Waals surface area contributed by atoms with Crippen LogP contribution in [0.3, 0.4) is 0 Å². The lowest BCUT2D eigenvalue weighted by Crippen LogP contribution is -2.41. The molecular formula is C53H98O11. The van der Waals surface area contributed by atoms with E-state index >= 15 is 0 Å². The van der Waals surface area contributed by atoms with E-state index in [-0.39, 0.29) is 93.8 Å². The fourth-order valence-corrected chi connectivity index (χ4v) is 16.0. The molecule has 11 heteroatoms. The normalized spacial score (nSPS) is 42.3. The smallest absolute Gasteiger partial charge is 0.309 e. The Balaban J connectivity index is 0.000000395. The number of aliphatic hydroxyl groups is 4. The Labute approximate surface area is 390 Å². The molecule has 10 aliphatic carbocycles. The van der Waals surface area contributed by atoms with Gasteiger partial charge in [0.25, 0.3) is 0 Å². The van der Waals surface area contributed by atoms with Crippen molar-refractivity contribution in [3.63, 3.8) is 0 Å². The number of aliphatic hydroxyl groups excluding tert-OH is 4. The van der Waals surface area contributed by atoms with Crippen LogP contribution >= 0.6 is 0 Å². The van der Waals surface area contributed by atoms with Gasteiger partial charge in [0, 0.05) is 7.11 Å². The maximum Gasteiger partial charge on any atom is 0.309 e. The highest BCUT2D eigenvalue weighted by Crippen LogP contribution is 2.68. The van der Waals surface area contributed by atoms with Crippen molar-refractivity contribution in [2.24, 2.45) is 101 Å². The molecule has 4 N–H and O–H groups in total. The van der Waals surface area contributed by atoms with Crippen molar-refractivity contribution in [1.82, 2.24) is 0 Å². The molecule has 0 aromatic rings. The summed E-state index contributed by atoms with van der Waals surface area (Å²) in [5.74, 6) is 6.78. The van der Waals surface area contributed by atoms with Crippen LogP contribution in [-0.4, -0.2) is 96.3 Å². The first kappa shape index (κ1) is 58.3. The van der Waals surface area contributed by atoms with E-state index in [1.165, 1.54) is 59.2 Å². The predicted molar refractivity (Wildman–Crippen MR) is 254 cm³/mol. The zero-order valence-corrected chi connectivity index (χ0v) is 35.6. The lowest BCUT2D eigenvalue weighted by molar-refractivity contribution is -0.162. The largest absolute Gasteiger partial charge is 0.469 e. The first-order valence-corrected chi connectivity index (χ1v) is 23.6. The van der Waals surface area contributed by atoms with Gasteiger partial charge in [-0.25, -0.2) is 0 Å². The maximum atomic E-state index is 13.5. The van der Waals surface area contributed by atoms with Crippen molar-refractivity contribution in [1.29, 1.82) is 0 Å². The molecule has 0 aromatic heterocycles. The number of fused-ring (bicyclic) bond motifs is 19. The van der Waals surface area contributed by atoms with Crippen LogP contribution in [0, 0.1) is 101 Å². The minimum atomic E-state index is -0.583. The minimum Gasteiger partial charge on any atom is -0.469 e. The summed E-state index contributed by atoms with van der Waals surface area (Å²) < 4.78 is 21.3. The standard InChI is InChI=1S/C27H42O8.C10H16O2.C10H16O.6CH4/c1-5-15(26(30)33-4)9-18(8-14(2)25(29)34-7-6-32-3)27(31)35-22-13-17-11-20(22)24-16-10-19(23(17)24)21(28)12-16;11-8-4-7-5-1-2-6(3-5)9(7)10(8)12;11-10-5-6-4-9(10)8-3-1-2-7(6)8;;;;;;/h14-24,28H,5-13H2,1-4H3;5-12H,1-4H2;6-11H,1-5H2;6*1H4. The third-order valence-corrected chi connectivity index (χ3v) is 18.3. The van der Waals surface area contributed by atoms with Gasteiger partial charge in [0.1, 0.15) is 12.7 Å². The average Bonchev–Trinajstić information content (AvgIpc) is 4.06. The zero-order valence-electron chi connectivity index (χ0n) is 35.6. The van der Waals surface area contributed by atoms with E-state index in [1.54, 1.807) is 6.92 Å². The summed E-state index contributed by atoms with van der Waals surface area (Å²) in [7, 11) is 2.89. The number of carbonyl (C=O) groups is 3. The van der Waals surface area contributed by atoms with Crippen LogP contribution < -0.4 is 0 Å². The molecule has 64 heavy (non-hydrogen) atoms. The Morgan fingerprint density at radius 1 is 0.531 bits per heavy atom. The summed E-state index contributed by atoms with van der Waals surface area (Å²) in [6.45, 7) is 4.12. The van der Waals surface area contributed by atoms with E-state index in [9.17, 15) is 34.8 Å². The molecule has 0 saturated heterocycles. The molecule has 10 fully saturated rings. The number of rotatable bonds is 12. The molecular weight excluding hydrogens is 813 g/mol. The molecule has 22 unspecified atom stereocenters. The van der Waals surface area contributed by atoms with E-state index in [4.69, 9.17) is 18.9 Å². The molecule has 0 heterocycles. The summed E-state index contributed by atoms with van der Waals surface area (Å²) in [6, 6.07) is 0. The zero-order chi connectivity index (χ0) is 41.0. The Bertz CT molecular complexity index is 1450. The number of methoxy groups -OCH3 is 2. The molecule has 0 spiro atoms. The van der Waals surface area contributed by atoms with Crippen LogP contribution in [0.25, 0.3) is 0 Å². The highest BCUT2D eigenvalue weighted by molar-refractivity contribution is 5.78. The second-order valence-corrected chi connectivity index (χ2v) is 20.9. The quantitative estimate of drug-likeness (QED) is 0.0637. The van der Waals surface area contributed by atoms with Gasteiger partial charge < -0.3 is 39.4 Å². The van der Waals surface area contributed by atoms with Crippen molar-refractivity contribution in [2.75, 3.05) is 27.4 Å². The maximum absolute atomic E-state index is 13.5. The molecule has 11 nitrogen and oxygen atoms in total. The average molecular weight is 911 g/mol. The van der Waals surface area contributed by atoms with Gasteiger partial charge in [0.05, 0.1) is 55.9 Å². The van der Waals surface area contributed by atoms with Gasteiger partial charge in [0.2, 0.25) is 0 Å². The van der Waals surface area contributed by atoms with Crippen LogP contribution in [0.5, 0.6) is 0 Å². The summed E-state index contributed by atoms with van der Waals surface area (Å²) in [4.78, 5) is 38.2. The Morgan fingerprint density at radius 2 is 1.14 bits per heavy atom. The molecule has 376 valence electrons. The van der Waals surface area contributed by atoms with Crippen molar-refractivity contribution in [3.8, 4) is 0 Å². The van der Waals surface area contributed by atoms with Crippen LogP contribution in [0.1, 0.15) is 161 Å². The fraction of sp³-hybridized carbons (Fsp3) is 0.943. The van der Waals surface area contributed by atoms with E-state index in [0.29, 0.717) is 72.7 Å². The number of hydrogen-bond acceptors (Lipinski definition) is 11. The number of esters is 3. The molecule has 10 aliphatic rings. The highest BCUT2D eigenvalue weighted by atomic mass is 16.6. The monoisotopic (exact) mass is 911 g/mol. The second-order valence-electron chi connectivity index (χ2n) is 20.9. The molecule has 0 radical (unpaired) electrons. The van der Waals surface area contributed by atoms with Gasteiger partial charge in [0.15, 0.2) is 0 Å². The number of carbonyl (C=O) groups excluding carboxylic acids is 3. The van der Waals surface area contributed by atoms with Gasteiger partial charge in [-0.3, -0.25) is 14.4 Å². The SMILES string of the molecule is C.C.C.C.C.C.CCC(CC(CC(C)C(=O)OCCOC)C(=O)OC1CC2CC1C1C3CC(O)C(C3)C21)C(=O)OC.OC1CC2C3CCC(C3)C2C1O.OC1CC2CC1C1CCCC21. The van der Waals surface area contributed by atoms with Crippen LogP contribution in [0.2, 0.25) is 0 Å². The van der Waals surface area contributed by atoms with Gasteiger partial charge in [-0.2, -0.15) is 0 Å². The molecule has 0 aromatic carbocycles. The molecule has 8 bridgehead atoms. The second kappa shape index (κ2) is 24.5. The van der Waals surface area contributed by atoms with Crippen molar-refractivity contribution in [2.45, 2.75) is 192 Å². The number of hydrogen-bond donors (Lipinski definition) is 4. The molecule has 10 rings (SSSR count). The Morgan fingerprint density at radius 3 is 1.81 bits per heavy atom. The number of ether oxygens (including phenoxy) is 4. The Kier molecular flexibility index (Phi) is 22.3. The third-order valence-electron chi connectivity index (χ3n) is 18.3.